The molecule has 1 aliphatic rings. The zero-order chi connectivity index (χ0) is 9.80. The normalized spacial score (nSPS) is 14.1. The fourth-order valence-corrected chi connectivity index (χ4v) is 1.47. The molecule has 0 aliphatic carbocycles. The SMILES string of the molecule is N#CN1CC=CC=Cc2ccccc21. The van der Waals surface area contributed by atoms with Crippen molar-refractivity contribution in [3.8, 4) is 6.19 Å². The zero-order valence-electron chi connectivity index (χ0n) is 7.72. The topological polar surface area (TPSA) is 27.0 Å². The maximum Gasteiger partial charge on any atom is 0.184 e. The van der Waals surface area contributed by atoms with Crippen LogP contribution >= 0.6 is 0 Å². The first-order valence-electron chi connectivity index (χ1n) is 4.51. The molecule has 1 aromatic rings. The lowest BCUT2D eigenvalue weighted by atomic mass is 10.1. The summed E-state index contributed by atoms with van der Waals surface area (Å²) in [6.07, 6.45) is 10.1. The Bertz CT molecular complexity index is 424. The highest BCUT2D eigenvalue weighted by atomic mass is 15.1. The van der Waals surface area contributed by atoms with Crippen molar-refractivity contribution in [2.75, 3.05) is 11.4 Å². The van der Waals surface area contributed by atoms with Crippen molar-refractivity contribution in [2.24, 2.45) is 0 Å². The van der Waals surface area contributed by atoms with Crippen LogP contribution in [0, 0.1) is 11.5 Å². The van der Waals surface area contributed by atoms with E-state index in [1.54, 1.807) is 4.90 Å². The number of allylic oxidation sites excluding steroid dienone is 2. The summed E-state index contributed by atoms with van der Waals surface area (Å²) in [6.45, 7) is 0.637. The summed E-state index contributed by atoms with van der Waals surface area (Å²) in [5, 5.41) is 8.97. The van der Waals surface area contributed by atoms with Gasteiger partial charge in [0, 0.05) is 0 Å². The van der Waals surface area contributed by atoms with E-state index in [1.165, 1.54) is 0 Å². The van der Waals surface area contributed by atoms with E-state index >= 15 is 0 Å². The van der Waals surface area contributed by atoms with Crippen molar-refractivity contribution in [1.29, 1.82) is 5.26 Å². The quantitative estimate of drug-likeness (QED) is 0.576. The highest BCUT2D eigenvalue weighted by Gasteiger charge is 2.07. The first-order valence-corrected chi connectivity index (χ1v) is 4.51. The lowest BCUT2D eigenvalue weighted by molar-refractivity contribution is 1.09. The Balaban J connectivity index is 2.52. The lowest BCUT2D eigenvalue weighted by Crippen LogP contribution is -2.17. The molecule has 0 unspecified atom stereocenters. The summed E-state index contributed by atoms with van der Waals surface area (Å²) in [4.78, 5) is 1.68. The molecule has 1 aliphatic heterocycles. The van der Waals surface area contributed by atoms with E-state index in [-0.39, 0.29) is 0 Å². The predicted octanol–water partition coefficient (Wildman–Crippen LogP) is 2.56. The number of rotatable bonds is 0. The average molecular weight is 182 g/mol. The number of hydrogen-bond donors (Lipinski definition) is 0. The van der Waals surface area contributed by atoms with Gasteiger partial charge in [0.25, 0.3) is 0 Å². The predicted molar refractivity (Wildman–Crippen MR) is 57.6 cm³/mol. The number of para-hydroxylation sites is 1. The number of nitrogens with zero attached hydrogens (tertiary/aromatic N) is 2. The monoisotopic (exact) mass is 182 g/mol. The molecule has 2 heteroatoms. The molecule has 2 nitrogen and oxygen atoms in total. The maximum atomic E-state index is 8.97. The minimum atomic E-state index is 0.637. The van der Waals surface area contributed by atoms with Gasteiger partial charge in [0.1, 0.15) is 0 Å². The van der Waals surface area contributed by atoms with Gasteiger partial charge in [-0.1, -0.05) is 42.5 Å². The third kappa shape index (κ3) is 1.53. The summed E-state index contributed by atoms with van der Waals surface area (Å²) in [7, 11) is 0. The van der Waals surface area contributed by atoms with Crippen molar-refractivity contribution in [3.05, 3.63) is 48.1 Å². The summed E-state index contributed by atoms with van der Waals surface area (Å²) in [6, 6.07) is 7.89. The number of fused-ring (bicyclic) bond motifs is 1. The average Bonchev–Trinajstić information content (AvgIpc) is 2.20. The number of hydrogen-bond acceptors (Lipinski definition) is 2. The van der Waals surface area contributed by atoms with Crippen LogP contribution in [0.2, 0.25) is 0 Å². The van der Waals surface area contributed by atoms with E-state index in [1.807, 2.05) is 48.6 Å². The largest absolute Gasteiger partial charge is 0.275 e. The number of nitriles is 1. The summed E-state index contributed by atoms with van der Waals surface area (Å²) in [5.74, 6) is 0. The zero-order valence-corrected chi connectivity index (χ0v) is 7.72. The molecule has 14 heavy (non-hydrogen) atoms. The highest BCUT2D eigenvalue weighted by Crippen LogP contribution is 2.22. The van der Waals surface area contributed by atoms with Crippen molar-refractivity contribution in [1.82, 2.24) is 0 Å². The molecule has 0 aromatic heterocycles. The Kier molecular flexibility index (Phi) is 2.33. The molecule has 2 rings (SSSR count). The van der Waals surface area contributed by atoms with Gasteiger partial charge in [-0.25, -0.2) is 0 Å². The van der Waals surface area contributed by atoms with Gasteiger partial charge in [0.15, 0.2) is 6.19 Å². The van der Waals surface area contributed by atoms with E-state index in [2.05, 4.69) is 6.19 Å². The smallest absolute Gasteiger partial charge is 0.184 e. The minimum absolute atomic E-state index is 0.637. The summed E-state index contributed by atoms with van der Waals surface area (Å²) < 4.78 is 0. The molecular formula is C12H10N2. The van der Waals surface area contributed by atoms with Crippen LogP contribution in [0.25, 0.3) is 6.08 Å². The molecular weight excluding hydrogens is 172 g/mol. The second-order valence-electron chi connectivity index (χ2n) is 3.06. The van der Waals surface area contributed by atoms with E-state index in [0.717, 1.165) is 11.3 Å². The van der Waals surface area contributed by atoms with Gasteiger partial charge in [0.2, 0.25) is 0 Å². The van der Waals surface area contributed by atoms with Gasteiger partial charge in [-0.15, -0.1) is 0 Å². The van der Waals surface area contributed by atoms with Gasteiger partial charge in [0.05, 0.1) is 12.2 Å². The molecule has 1 aromatic carbocycles. The molecule has 0 saturated heterocycles. The highest BCUT2D eigenvalue weighted by molar-refractivity contribution is 5.70. The molecule has 68 valence electrons. The molecule has 1 heterocycles. The minimum Gasteiger partial charge on any atom is -0.275 e. The number of benzene rings is 1. The fraction of sp³-hybridized carbons (Fsp3) is 0.0833. The fourth-order valence-electron chi connectivity index (χ4n) is 1.47. The summed E-state index contributed by atoms with van der Waals surface area (Å²) >= 11 is 0. The lowest BCUT2D eigenvalue weighted by Gasteiger charge is -2.16. The van der Waals surface area contributed by atoms with Crippen molar-refractivity contribution in [2.45, 2.75) is 0 Å². The first-order chi connectivity index (χ1) is 6.92. The maximum absolute atomic E-state index is 8.97. The molecule has 0 atom stereocenters. The van der Waals surface area contributed by atoms with Gasteiger partial charge in [-0.2, -0.15) is 5.26 Å². The van der Waals surface area contributed by atoms with Crippen molar-refractivity contribution in [3.63, 3.8) is 0 Å². The third-order valence-corrected chi connectivity index (χ3v) is 2.16. The van der Waals surface area contributed by atoms with E-state index in [4.69, 9.17) is 5.26 Å². The summed E-state index contributed by atoms with van der Waals surface area (Å²) in [5.41, 5.74) is 2.05. The Morgan fingerprint density at radius 3 is 2.93 bits per heavy atom. The number of anilines is 1. The Morgan fingerprint density at radius 1 is 1.21 bits per heavy atom. The van der Waals surface area contributed by atoms with E-state index < -0.39 is 0 Å². The van der Waals surface area contributed by atoms with Crippen molar-refractivity contribution < 1.29 is 0 Å². The first kappa shape index (κ1) is 8.58. The second kappa shape index (κ2) is 3.80. The molecule has 0 saturated carbocycles. The van der Waals surface area contributed by atoms with Crippen LogP contribution in [0.3, 0.4) is 0 Å². The van der Waals surface area contributed by atoms with Crippen LogP contribution in [-0.4, -0.2) is 6.54 Å². The van der Waals surface area contributed by atoms with Gasteiger partial charge < -0.3 is 0 Å². The van der Waals surface area contributed by atoms with Crippen LogP contribution in [0.5, 0.6) is 0 Å². The third-order valence-electron chi connectivity index (χ3n) is 2.16. The van der Waals surface area contributed by atoms with E-state index in [0.29, 0.717) is 6.54 Å². The molecule has 0 spiro atoms. The van der Waals surface area contributed by atoms with Crippen LogP contribution < -0.4 is 4.90 Å². The molecule has 0 N–H and O–H groups in total. The van der Waals surface area contributed by atoms with Crippen molar-refractivity contribution >= 4 is 11.8 Å². The van der Waals surface area contributed by atoms with Crippen LogP contribution in [0.4, 0.5) is 5.69 Å². The van der Waals surface area contributed by atoms with Gasteiger partial charge in [-0.05, 0) is 11.6 Å². The molecule has 0 fully saturated rings. The van der Waals surface area contributed by atoms with Crippen LogP contribution in [-0.2, 0) is 0 Å². The van der Waals surface area contributed by atoms with Crippen LogP contribution in [0.1, 0.15) is 5.56 Å². The standard InChI is InChI=1S/C12H10N2/c13-10-14-9-5-1-2-6-11-7-3-4-8-12(11)14/h1-8H,9H2. The van der Waals surface area contributed by atoms with Crippen LogP contribution in [0.15, 0.2) is 42.5 Å². The van der Waals surface area contributed by atoms with E-state index in [9.17, 15) is 0 Å². The molecule has 0 radical (unpaired) electrons. The molecule has 0 bridgehead atoms. The van der Waals surface area contributed by atoms with Gasteiger partial charge >= 0.3 is 0 Å². The molecule has 0 amide bonds. The second-order valence-corrected chi connectivity index (χ2v) is 3.06. The Morgan fingerprint density at radius 2 is 2.07 bits per heavy atom. The van der Waals surface area contributed by atoms with Gasteiger partial charge in [-0.3, -0.25) is 4.90 Å². The Hall–Kier alpha value is -2.01. The Labute approximate surface area is 83.4 Å².